The third-order valence-corrected chi connectivity index (χ3v) is 8.74. The second kappa shape index (κ2) is 10.9. The lowest BCUT2D eigenvalue weighted by Gasteiger charge is -2.20. The summed E-state index contributed by atoms with van der Waals surface area (Å²) in [5.74, 6) is -0.150. The smallest absolute Gasteiger partial charge is 0.281 e. The number of amides is 2. The van der Waals surface area contributed by atoms with Gasteiger partial charge in [0.05, 0.1) is 17.2 Å². The van der Waals surface area contributed by atoms with E-state index in [4.69, 9.17) is 21.1 Å². The molecule has 5 rings (SSSR count). The molecule has 1 aromatic heterocycles. The summed E-state index contributed by atoms with van der Waals surface area (Å²) in [7, 11) is -4.25. The fourth-order valence-corrected chi connectivity index (χ4v) is 6.09. The Morgan fingerprint density at radius 1 is 1.07 bits per heavy atom. The van der Waals surface area contributed by atoms with E-state index in [2.05, 4.69) is 10.0 Å². The van der Waals surface area contributed by atoms with Gasteiger partial charge in [-0.2, -0.15) is 0 Å². The van der Waals surface area contributed by atoms with E-state index in [0.29, 0.717) is 41.6 Å². The lowest BCUT2D eigenvalue weighted by molar-refractivity contribution is -0.118. The molecule has 2 N–H and O–H groups in total. The van der Waals surface area contributed by atoms with Crippen LogP contribution in [0.2, 0.25) is 5.02 Å². The number of para-hydroxylation sites is 1. The fourth-order valence-electron chi connectivity index (χ4n) is 4.78. The van der Waals surface area contributed by atoms with E-state index in [9.17, 15) is 18.0 Å². The van der Waals surface area contributed by atoms with Gasteiger partial charge in [-0.15, -0.1) is 0 Å². The number of halogens is 1. The fraction of sp³-hybridized carbons (Fsp3) is 0.241. The highest BCUT2D eigenvalue weighted by molar-refractivity contribution is 7.90. The molecule has 0 fully saturated rings. The van der Waals surface area contributed by atoms with E-state index in [0.717, 1.165) is 22.0 Å². The van der Waals surface area contributed by atoms with Crippen LogP contribution in [0.15, 0.2) is 59.5 Å². The molecule has 0 spiro atoms. The first-order valence-electron chi connectivity index (χ1n) is 12.7. The van der Waals surface area contributed by atoms with Crippen molar-refractivity contribution in [2.24, 2.45) is 0 Å². The summed E-state index contributed by atoms with van der Waals surface area (Å²) < 4.78 is 41.9. The molecular formula is C29H28ClN3O6S. The summed E-state index contributed by atoms with van der Waals surface area (Å²) in [6.07, 6.45) is 0.569. The maximum absolute atomic E-state index is 13.4. The largest absolute Gasteiger partial charge is 0.494 e. The number of aromatic nitrogens is 1. The SMILES string of the molecule is Cc1cc2c(cc1S(=O)(=O)NC(=O)c1cc3ccccc3n1CCCOc1cc(C)c(Cl)c(C)c1)OCC(=O)N2. The third-order valence-electron chi connectivity index (χ3n) is 6.67. The number of rotatable bonds is 8. The molecule has 0 unspecified atom stereocenters. The van der Waals surface area contributed by atoms with Gasteiger partial charge in [-0.05, 0) is 74.2 Å². The zero-order valence-electron chi connectivity index (χ0n) is 22.2. The number of ether oxygens (including phenoxy) is 2. The van der Waals surface area contributed by atoms with E-state index in [1.165, 1.54) is 12.1 Å². The third kappa shape index (κ3) is 5.50. The minimum absolute atomic E-state index is 0.111. The molecule has 1 aliphatic heterocycles. The summed E-state index contributed by atoms with van der Waals surface area (Å²) in [5.41, 5.74) is 3.61. The Morgan fingerprint density at radius 3 is 2.55 bits per heavy atom. The van der Waals surface area contributed by atoms with Crippen molar-refractivity contribution in [3.05, 3.63) is 82.0 Å². The summed E-state index contributed by atoms with van der Waals surface area (Å²) in [5, 5.41) is 4.16. The number of hydrogen-bond donors (Lipinski definition) is 2. The molecule has 4 aromatic rings. The summed E-state index contributed by atoms with van der Waals surface area (Å²) in [6, 6.07) is 15.7. The Labute approximate surface area is 237 Å². The molecule has 1 aliphatic rings. The average molecular weight is 582 g/mol. The number of nitrogens with one attached hydrogen (secondary N) is 2. The van der Waals surface area contributed by atoms with Crippen molar-refractivity contribution in [3.8, 4) is 11.5 Å². The minimum Gasteiger partial charge on any atom is -0.494 e. The van der Waals surface area contributed by atoms with Crippen LogP contribution < -0.4 is 19.5 Å². The van der Waals surface area contributed by atoms with E-state index in [1.807, 2.05) is 50.2 Å². The van der Waals surface area contributed by atoms with Crippen molar-refractivity contribution in [3.63, 3.8) is 0 Å². The summed E-state index contributed by atoms with van der Waals surface area (Å²) in [6.45, 7) is 6.02. The maximum atomic E-state index is 13.4. The summed E-state index contributed by atoms with van der Waals surface area (Å²) in [4.78, 5) is 24.9. The molecule has 0 aliphatic carbocycles. The molecule has 0 atom stereocenters. The van der Waals surface area contributed by atoms with Gasteiger partial charge in [0.1, 0.15) is 17.2 Å². The Morgan fingerprint density at radius 2 is 1.80 bits per heavy atom. The van der Waals surface area contributed by atoms with E-state index in [1.54, 1.807) is 17.6 Å². The second-order valence-electron chi connectivity index (χ2n) is 9.70. The van der Waals surface area contributed by atoms with Gasteiger partial charge in [-0.1, -0.05) is 29.8 Å². The van der Waals surface area contributed by atoms with Gasteiger partial charge in [0, 0.05) is 28.5 Å². The number of carbonyl (C=O) groups is 2. The van der Waals surface area contributed by atoms with Gasteiger partial charge in [0.2, 0.25) is 0 Å². The van der Waals surface area contributed by atoms with Gasteiger partial charge in [0.25, 0.3) is 21.8 Å². The zero-order valence-corrected chi connectivity index (χ0v) is 23.8. The standard InChI is InChI=1S/C29H28ClN3O6S/c1-17-13-22-25(39-16-27(34)31-22)15-26(17)40(36,37)32-29(35)24-14-20-7-4-5-8-23(20)33(24)9-6-10-38-21-11-18(2)28(30)19(3)12-21/h4-5,7-8,11-15H,6,9-10,16H2,1-3H3,(H,31,34)(H,32,35). The van der Waals surface area contributed by atoms with Crippen molar-refractivity contribution in [1.29, 1.82) is 0 Å². The first-order chi connectivity index (χ1) is 19.0. The van der Waals surface area contributed by atoms with E-state index < -0.39 is 15.9 Å². The molecule has 3 aromatic carbocycles. The number of hydrogen-bond acceptors (Lipinski definition) is 6. The minimum atomic E-state index is -4.25. The number of aryl methyl sites for hydroxylation is 4. The number of benzene rings is 3. The van der Waals surface area contributed by atoms with Crippen LogP contribution in [0.3, 0.4) is 0 Å². The topological polar surface area (TPSA) is 116 Å². The van der Waals surface area contributed by atoms with Crippen LogP contribution in [0.25, 0.3) is 10.9 Å². The molecule has 0 radical (unpaired) electrons. The lowest BCUT2D eigenvalue weighted by atomic mass is 10.1. The van der Waals surface area contributed by atoms with Crippen LogP contribution in [0.4, 0.5) is 5.69 Å². The van der Waals surface area contributed by atoms with E-state index >= 15 is 0 Å². The van der Waals surface area contributed by atoms with Crippen molar-refractivity contribution < 1.29 is 27.5 Å². The molecule has 2 amide bonds. The first-order valence-corrected chi connectivity index (χ1v) is 14.5. The number of anilines is 1. The van der Waals surface area contributed by atoms with Crippen molar-refractivity contribution in [2.75, 3.05) is 18.5 Å². The van der Waals surface area contributed by atoms with Gasteiger partial charge in [0.15, 0.2) is 6.61 Å². The van der Waals surface area contributed by atoms with Crippen LogP contribution in [0.5, 0.6) is 11.5 Å². The lowest BCUT2D eigenvalue weighted by Crippen LogP contribution is -2.33. The predicted molar refractivity (Wildman–Crippen MR) is 153 cm³/mol. The number of nitrogens with zero attached hydrogens (tertiary/aromatic N) is 1. The predicted octanol–water partition coefficient (Wildman–Crippen LogP) is 5.14. The number of carbonyl (C=O) groups excluding carboxylic acids is 2. The van der Waals surface area contributed by atoms with Gasteiger partial charge in [-0.25, -0.2) is 13.1 Å². The Bertz CT molecular complexity index is 1740. The van der Waals surface area contributed by atoms with Gasteiger partial charge in [-0.3, -0.25) is 9.59 Å². The Kier molecular flexibility index (Phi) is 7.48. The molecule has 0 bridgehead atoms. The van der Waals surface area contributed by atoms with Crippen molar-refractivity contribution >= 4 is 50.0 Å². The second-order valence-corrected chi connectivity index (χ2v) is 11.7. The normalized spacial score (nSPS) is 12.9. The molecular weight excluding hydrogens is 554 g/mol. The van der Waals surface area contributed by atoms with Crippen LogP contribution in [-0.4, -0.2) is 38.0 Å². The highest BCUT2D eigenvalue weighted by Crippen LogP contribution is 2.33. The first kappa shape index (κ1) is 27.5. The highest BCUT2D eigenvalue weighted by atomic mass is 35.5. The van der Waals surface area contributed by atoms with Crippen LogP contribution in [0, 0.1) is 20.8 Å². The number of sulfonamides is 1. The average Bonchev–Trinajstić information content (AvgIpc) is 3.27. The quantitative estimate of drug-likeness (QED) is 0.278. The highest BCUT2D eigenvalue weighted by Gasteiger charge is 2.27. The van der Waals surface area contributed by atoms with Crippen LogP contribution >= 0.6 is 11.6 Å². The maximum Gasteiger partial charge on any atom is 0.281 e. The zero-order chi connectivity index (χ0) is 28.6. The summed E-state index contributed by atoms with van der Waals surface area (Å²) >= 11 is 6.25. The molecule has 0 saturated heterocycles. The van der Waals surface area contributed by atoms with Crippen LogP contribution in [-0.2, 0) is 21.4 Å². The molecule has 9 nitrogen and oxygen atoms in total. The van der Waals surface area contributed by atoms with Crippen molar-refractivity contribution in [2.45, 2.75) is 38.6 Å². The van der Waals surface area contributed by atoms with E-state index in [-0.39, 0.29) is 28.9 Å². The van der Waals surface area contributed by atoms with Gasteiger partial charge < -0.3 is 19.4 Å². The Balaban J connectivity index is 1.35. The van der Waals surface area contributed by atoms with Crippen molar-refractivity contribution in [1.82, 2.24) is 9.29 Å². The van der Waals surface area contributed by atoms with Crippen LogP contribution in [0.1, 0.15) is 33.6 Å². The van der Waals surface area contributed by atoms with Gasteiger partial charge >= 0.3 is 0 Å². The Hall–Kier alpha value is -4.02. The molecule has 2 heterocycles. The molecule has 40 heavy (non-hydrogen) atoms. The number of fused-ring (bicyclic) bond motifs is 2. The monoisotopic (exact) mass is 581 g/mol. The molecule has 0 saturated carbocycles. The molecule has 208 valence electrons. The molecule has 11 heteroatoms.